The molecule has 2 rings (SSSR count). The van der Waals surface area contributed by atoms with Gasteiger partial charge in [-0.2, -0.15) is 0 Å². The van der Waals surface area contributed by atoms with E-state index in [2.05, 4.69) is 10.2 Å². The van der Waals surface area contributed by atoms with Crippen molar-refractivity contribution in [1.82, 2.24) is 10.2 Å². The summed E-state index contributed by atoms with van der Waals surface area (Å²) in [6, 6.07) is 0. The summed E-state index contributed by atoms with van der Waals surface area (Å²) < 4.78 is 22.4. The third-order valence-corrected chi connectivity index (χ3v) is 5.05. The fourth-order valence-electron chi connectivity index (χ4n) is 1.48. The summed E-state index contributed by atoms with van der Waals surface area (Å²) in [5, 5.41) is 16.2. The van der Waals surface area contributed by atoms with Crippen molar-refractivity contribution < 1.29 is 18.3 Å². The lowest BCUT2D eigenvalue weighted by Gasteiger charge is -1.98. The highest BCUT2D eigenvalue weighted by Gasteiger charge is 2.31. The first-order valence-corrected chi connectivity index (χ1v) is 6.89. The van der Waals surface area contributed by atoms with E-state index in [1.807, 2.05) is 0 Å². The van der Waals surface area contributed by atoms with E-state index in [4.69, 9.17) is 5.11 Å². The fraction of sp³-hybridized carbons (Fsp3) is 0.571. The van der Waals surface area contributed by atoms with Crippen molar-refractivity contribution >= 4 is 27.1 Å². The number of hydrogen-bond donors (Lipinski definition) is 1. The van der Waals surface area contributed by atoms with Gasteiger partial charge in [0.1, 0.15) is 5.01 Å². The molecule has 2 heterocycles. The van der Waals surface area contributed by atoms with E-state index in [-0.39, 0.29) is 22.4 Å². The van der Waals surface area contributed by atoms with Crippen LogP contribution in [-0.4, -0.2) is 41.2 Å². The number of hydrogen-bond acceptors (Lipinski definition) is 6. The maximum atomic E-state index is 11.2. The maximum Gasteiger partial charge on any atom is 0.367 e. The Bertz CT molecular complexity index is 493. The highest BCUT2D eigenvalue weighted by atomic mass is 32.2. The molecule has 8 heteroatoms. The van der Waals surface area contributed by atoms with E-state index in [0.717, 1.165) is 11.3 Å². The summed E-state index contributed by atoms with van der Waals surface area (Å²) >= 11 is 0.953. The Hall–Kier alpha value is -1.02. The Labute approximate surface area is 89.9 Å². The highest BCUT2D eigenvalue weighted by Crippen LogP contribution is 2.30. The summed E-state index contributed by atoms with van der Waals surface area (Å²) in [6.07, 6.45) is 0.511. The van der Waals surface area contributed by atoms with E-state index in [1.54, 1.807) is 0 Å². The molecule has 0 spiro atoms. The number of carboxylic acids is 1. The van der Waals surface area contributed by atoms with Crippen LogP contribution in [0.25, 0.3) is 0 Å². The topological polar surface area (TPSA) is 97.2 Å². The standard InChI is InChI=1S/C7H8N2O4S2/c10-7(11)6-9-8-5(14-6)4-1-2-15(12,13)3-4/h4H,1-3H2,(H,10,11). The van der Waals surface area contributed by atoms with Crippen molar-refractivity contribution in [2.45, 2.75) is 12.3 Å². The smallest absolute Gasteiger partial charge is 0.367 e. The van der Waals surface area contributed by atoms with Gasteiger partial charge in [-0.1, -0.05) is 11.3 Å². The molecule has 1 fully saturated rings. The van der Waals surface area contributed by atoms with Crippen LogP contribution >= 0.6 is 11.3 Å². The Kier molecular flexibility index (Phi) is 2.47. The van der Waals surface area contributed by atoms with Gasteiger partial charge >= 0.3 is 5.97 Å². The first-order valence-electron chi connectivity index (χ1n) is 4.25. The van der Waals surface area contributed by atoms with Crippen LogP contribution in [0.5, 0.6) is 0 Å². The molecule has 0 aliphatic carbocycles. The SMILES string of the molecule is O=C(O)c1nnc(C2CCS(=O)(=O)C2)s1. The normalized spacial score (nSPS) is 24.1. The predicted octanol–water partition coefficient (Wildman–Crippen LogP) is 0.138. The van der Waals surface area contributed by atoms with Crippen LogP contribution in [0.2, 0.25) is 0 Å². The molecule has 1 aromatic rings. The first-order chi connectivity index (χ1) is 6.98. The lowest BCUT2D eigenvalue weighted by atomic mass is 10.1. The van der Waals surface area contributed by atoms with Gasteiger partial charge in [-0.05, 0) is 6.42 Å². The van der Waals surface area contributed by atoms with Crippen LogP contribution in [0.15, 0.2) is 0 Å². The maximum absolute atomic E-state index is 11.2. The molecule has 82 valence electrons. The quantitative estimate of drug-likeness (QED) is 0.799. The summed E-state index contributed by atoms with van der Waals surface area (Å²) in [5.74, 6) is -1.10. The third kappa shape index (κ3) is 2.15. The van der Waals surface area contributed by atoms with Crippen molar-refractivity contribution in [3.8, 4) is 0 Å². The Balaban J connectivity index is 2.21. The molecule has 0 bridgehead atoms. The van der Waals surface area contributed by atoms with Crippen molar-refractivity contribution in [3.05, 3.63) is 10.0 Å². The molecule has 15 heavy (non-hydrogen) atoms. The summed E-state index contributed by atoms with van der Waals surface area (Å²) in [5.41, 5.74) is 0. The molecule has 0 amide bonds. The number of rotatable bonds is 2. The van der Waals surface area contributed by atoms with E-state index in [9.17, 15) is 13.2 Å². The molecule has 1 saturated heterocycles. The zero-order valence-electron chi connectivity index (χ0n) is 7.58. The second-order valence-electron chi connectivity index (χ2n) is 3.35. The monoisotopic (exact) mass is 248 g/mol. The van der Waals surface area contributed by atoms with Crippen molar-refractivity contribution in [1.29, 1.82) is 0 Å². The highest BCUT2D eigenvalue weighted by molar-refractivity contribution is 7.91. The minimum atomic E-state index is -2.96. The predicted molar refractivity (Wildman–Crippen MR) is 52.9 cm³/mol. The molecule has 0 saturated carbocycles. The van der Waals surface area contributed by atoms with Crippen LogP contribution in [-0.2, 0) is 9.84 Å². The molecular weight excluding hydrogens is 240 g/mol. The van der Waals surface area contributed by atoms with E-state index in [0.29, 0.717) is 11.4 Å². The number of aromatic nitrogens is 2. The number of nitrogens with zero attached hydrogens (tertiary/aromatic N) is 2. The molecule has 0 radical (unpaired) electrons. The second kappa shape index (κ2) is 3.53. The van der Waals surface area contributed by atoms with Crippen LogP contribution in [0, 0.1) is 0 Å². The molecule has 1 unspecified atom stereocenters. The van der Waals surface area contributed by atoms with Gasteiger partial charge in [0.25, 0.3) is 0 Å². The number of sulfone groups is 1. The number of aromatic carboxylic acids is 1. The molecule has 6 nitrogen and oxygen atoms in total. The largest absolute Gasteiger partial charge is 0.476 e. The number of carboxylic acid groups (broad SMARTS) is 1. The van der Waals surface area contributed by atoms with Crippen LogP contribution in [0.4, 0.5) is 0 Å². The van der Waals surface area contributed by atoms with Crippen molar-refractivity contribution in [2.24, 2.45) is 0 Å². The minimum absolute atomic E-state index is 0.0568. The Morgan fingerprint density at radius 3 is 2.67 bits per heavy atom. The Morgan fingerprint density at radius 2 is 2.20 bits per heavy atom. The number of carbonyl (C=O) groups is 1. The van der Waals surface area contributed by atoms with Gasteiger partial charge in [0.2, 0.25) is 5.01 Å². The fourth-order valence-corrected chi connectivity index (χ4v) is 4.15. The lowest BCUT2D eigenvalue weighted by molar-refractivity contribution is 0.0695. The second-order valence-corrected chi connectivity index (χ2v) is 6.59. The third-order valence-electron chi connectivity index (χ3n) is 2.21. The first kappa shape index (κ1) is 10.5. The molecule has 1 aliphatic heterocycles. The van der Waals surface area contributed by atoms with Gasteiger partial charge in [0.15, 0.2) is 9.84 Å². The van der Waals surface area contributed by atoms with Crippen LogP contribution in [0.1, 0.15) is 27.1 Å². The molecular formula is C7H8N2O4S2. The lowest BCUT2D eigenvalue weighted by Crippen LogP contribution is -2.03. The summed E-state index contributed by atoms with van der Waals surface area (Å²) in [6.45, 7) is 0. The zero-order valence-corrected chi connectivity index (χ0v) is 9.21. The van der Waals surface area contributed by atoms with Crippen molar-refractivity contribution in [3.63, 3.8) is 0 Å². The van der Waals surface area contributed by atoms with Crippen LogP contribution in [0.3, 0.4) is 0 Å². The average molecular weight is 248 g/mol. The summed E-state index contributed by atoms with van der Waals surface area (Å²) in [4.78, 5) is 10.5. The van der Waals surface area contributed by atoms with Gasteiger partial charge in [0.05, 0.1) is 11.5 Å². The van der Waals surface area contributed by atoms with Gasteiger partial charge in [-0.25, -0.2) is 13.2 Å². The molecule has 1 atom stereocenters. The van der Waals surface area contributed by atoms with Crippen molar-refractivity contribution in [2.75, 3.05) is 11.5 Å². The van der Waals surface area contributed by atoms with Crippen LogP contribution < -0.4 is 0 Å². The van der Waals surface area contributed by atoms with Gasteiger partial charge in [-0.15, -0.1) is 10.2 Å². The van der Waals surface area contributed by atoms with Gasteiger partial charge < -0.3 is 5.11 Å². The molecule has 1 N–H and O–H groups in total. The Morgan fingerprint density at radius 1 is 1.47 bits per heavy atom. The molecule has 1 aliphatic rings. The van der Waals surface area contributed by atoms with Gasteiger partial charge in [0, 0.05) is 5.92 Å². The van der Waals surface area contributed by atoms with E-state index < -0.39 is 15.8 Å². The van der Waals surface area contributed by atoms with E-state index >= 15 is 0 Å². The molecule has 1 aromatic heterocycles. The zero-order chi connectivity index (χ0) is 11.1. The molecule has 0 aromatic carbocycles. The van der Waals surface area contributed by atoms with Gasteiger partial charge in [-0.3, -0.25) is 0 Å². The summed E-state index contributed by atoms with van der Waals surface area (Å²) in [7, 11) is -2.96. The van der Waals surface area contributed by atoms with E-state index in [1.165, 1.54) is 0 Å². The minimum Gasteiger partial charge on any atom is -0.476 e. The average Bonchev–Trinajstić information content (AvgIpc) is 2.70.